The molecule has 3 aromatic rings. The Morgan fingerprint density at radius 1 is 1.36 bits per heavy atom. The number of thiazole rings is 1. The van der Waals surface area contributed by atoms with Crippen molar-refractivity contribution < 1.29 is 9.53 Å². The predicted octanol–water partition coefficient (Wildman–Crippen LogP) is 2.63. The van der Waals surface area contributed by atoms with E-state index in [0.29, 0.717) is 18.8 Å². The second-order valence-corrected chi connectivity index (χ2v) is 5.81. The number of benzene rings is 1. The highest BCUT2D eigenvalue weighted by Crippen LogP contribution is 2.30. The fourth-order valence-electron chi connectivity index (χ4n) is 2.38. The molecule has 0 aliphatic rings. The number of ether oxygens (including phenoxy) is 1. The van der Waals surface area contributed by atoms with E-state index in [9.17, 15) is 4.79 Å². The zero-order chi connectivity index (χ0) is 15.5. The molecule has 0 atom stereocenters. The van der Waals surface area contributed by atoms with E-state index in [-0.39, 0.29) is 12.4 Å². The van der Waals surface area contributed by atoms with Gasteiger partial charge in [0.2, 0.25) is 0 Å². The maximum atomic E-state index is 11.7. The van der Waals surface area contributed by atoms with E-state index < -0.39 is 0 Å². The first-order valence-electron chi connectivity index (χ1n) is 7.13. The minimum absolute atomic E-state index is 0.162. The van der Waals surface area contributed by atoms with Gasteiger partial charge < -0.3 is 10.5 Å². The Balaban J connectivity index is 1.97. The first-order chi connectivity index (χ1) is 10.7. The SMILES string of the molecule is CCOC(=O)Cc1nc2sc(-c3ccccc3)cn2c1CN. The smallest absolute Gasteiger partial charge is 0.311 e. The van der Waals surface area contributed by atoms with Crippen molar-refractivity contribution in [1.29, 1.82) is 0 Å². The summed E-state index contributed by atoms with van der Waals surface area (Å²) in [5.74, 6) is -0.272. The number of aromatic nitrogens is 2. The Morgan fingerprint density at radius 3 is 2.82 bits per heavy atom. The van der Waals surface area contributed by atoms with Gasteiger partial charge in [-0.2, -0.15) is 0 Å². The Labute approximate surface area is 132 Å². The van der Waals surface area contributed by atoms with Crippen molar-refractivity contribution in [2.45, 2.75) is 19.9 Å². The van der Waals surface area contributed by atoms with Crippen LogP contribution in [0.4, 0.5) is 0 Å². The third kappa shape index (κ3) is 2.75. The van der Waals surface area contributed by atoms with E-state index in [2.05, 4.69) is 17.1 Å². The van der Waals surface area contributed by atoms with Gasteiger partial charge in [0.25, 0.3) is 0 Å². The molecule has 2 N–H and O–H groups in total. The topological polar surface area (TPSA) is 69.6 Å². The predicted molar refractivity (Wildman–Crippen MR) is 86.7 cm³/mol. The van der Waals surface area contributed by atoms with Gasteiger partial charge in [-0.25, -0.2) is 4.98 Å². The van der Waals surface area contributed by atoms with E-state index in [1.54, 1.807) is 18.3 Å². The van der Waals surface area contributed by atoms with Crippen LogP contribution in [-0.4, -0.2) is 22.0 Å². The lowest BCUT2D eigenvalue weighted by atomic mass is 10.2. The average molecular weight is 315 g/mol. The average Bonchev–Trinajstić information content (AvgIpc) is 3.05. The van der Waals surface area contributed by atoms with E-state index >= 15 is 0 Å². The number of imidazole rings is 1. The minimum atomic E-state index is -0.272. The molecule has 1 aromatic carbocycles. The fourth-order valence-corrected chi connectivity index (χ4v) is 3.40. The van der Waals surface area contributed by atoms with Gasteiger partial charge in [-0.3, -0.25) is 9.20 Å². The van der Waals surface area contributed by atoms with Gasteiger partial charge in [0.1, 0.15) is 0 Å². The molecule has 0 bridgehead atoms. The summed E-state index contributed by atoms with van der Waals surface area (Å²) in [5, 5.41) is 0. The number of hydrogen-bond donors (Lipinski definition) is 1. The monoisotopic (exact) mass is 315 g/mol. The van der Waals surface area contributed by atoms with Gasteiger partial charge in [-0.15, -0.1) is 0 Å². The first-order valence-corrected chi connectivity index (χ1v) is 7.95. The van der Waals surface area contributed by atoms with Crippen LogP contribution in [-0.2, 0) is 22.5 Å². The van der Waals surface area contributed by atoms with Crippen molar-refractivity contribution in [3.8, 4) is 10.4 Å². The first kappa shape index (κ1) is 14.7. The zero-order valence-corrected chi connectivity index (χ0v) is 13.1. The fraction of sp³-hybridized carbons (Fsp3) is 0.250. The molecule has 6 heteroatoms. The lowest BCUT2D eigenvalue weighted by Crippen LogP contribution is -2.11. The lowest BCUT2D eigenvalue weighted by molar-refractivity contribution is -0.142. The Bertz CT molecular complexity index is 792. The van der Waals surface area contributed by atoms with Gasteiger partial charge in [-0.1, -0.05) is 41.7 Å². The maximum Gasteiger partial charge on any atom is 0.311 e. The van der Waals surface area contributed by atoms with Crippen molar-refractivity contribution in [3.63, 3.8) is 0 Å². The highest BCUT2D eigenvalue weighted by atomic mass is 32.1. The summed E-state index contributed by atoms with van der Waals surface area (Å²) in [7, 11) is 0. The molecule has 5 nitrogen and oxygen atoms in total. The molecule has 0 radical (unpaired) electrons. The van der Waals surface area contributed by atoms with Crippen molar-refractivity contribution >= 4 is 22.3 Å². The van der Waals surface area contributed by atoms with Crippen LogP contribution in [0.5, 0.6) is 0 Å². The maximum absolute atomic E-state index is 11.7. The van der Waals surface area contributed by atoms with Gasteiger partial charge >= 0.3 is 5.97 Å². The molecule has 2 aromatic heterocycles. The molecule has 0 spiro atoms. The minimum Gasteiger partial charge on any atom is -0.466 e. The lowest BCUT2D eigenvalue weighted by Gasteiger charge is -2.02. The Hall–Kier alpha value is -2.18. The molecule has 22 heavy (non-hydrogen) atoms. The molecule has 3 rings (SSSR count). The van der Waals surface area contributed by atoms with Crippen molar-refractivity contribution in [3.05, 3.63) is 47.9 Å². The molecule has 0 amide bonds. The highest BCUT2D eigenvalue weighted by molar-refractivity contribution is 7.20. The van der Waals surface area contributed by atoms with Crippen LogP contribution in [0.3, 0.4) is 0 Å². The number of fused-ring (bicyclic) bond motifs is 1. The van der Waals surface area contributed by atoms with Gasteiger partial charge in [0.05, 0.1) is 29.3 Å². The zero-order valence-electron chi connectivity index (χ0n) is 12.3. The number of nitrogens with zero attached hydrogens (tertiary/aromatic N) is 2. The Morgan fingerprint density at radius 2 is 2.14 bits per heavy atom. The van der Waals surface area contributed by atoms with Crippen molar-refractivity contribution in [1.82, 2.24) is 9.38 Å². The standard InChI is InChI=1S/C16H17N3O2S/c1-2-21-15(20)8-12-13(9-17)19-10-14(22-16(19)18-12)11-6-4-3-5-7-11/h3-7,10H,2,8-9,17H2,1H3. The van der Waals surface area contributed by atoms with Crippen LogP contribution >= 0.6 is 11.3 Å². The van der Waals surface area contributed by atoms with E-state index in [4.69, 9.17) is 10.5 Å². The van der Waals surface area contributed by atoms with Crippen molar-refractivity contribution in [2.75, 3.05) is 6.61 Å². The number of esters is 1. The van der Waals surface area contributed by atoms with E-state index in [0.717, 1.165) is 21.1 Å². The number of nitrogens with two attached hydrogens (primary N) is 1. The Kier molecular flexibility index (Phi) is 4.22. The van der Waals surface area contributed by atoms with Crippen molar-refractivity contribution in [2.24, 2.45) is 5.73 Å². The molecule has 114 valence electrons. The molecule has 2 heterocycles. The van der Waals surface area contributed by atoms with Crippen LogP contribution in [0, 0.1) is 0 Å². The summed E-state index contributed by atoms with van der Waals surface area (Å²) in [4.78, 5) is 18.2. The summed E-state index contributed by atoms with van der Waals surface area (Å²) in [6, 6.07) is 10.1. The van der Waals surface area contributed by atoms with Crippen LogP contribution in [0.25, 0.3) is 15.4 Å². The summed E-state index contributed by atoms with van der Waals surface area (Å²) < 4.78 is 6.96. The highest BCUT2D eigenvalue weighted by Gasteiger charge is 2.17. The summed E-state index contributed by atoms with van der Waals surface area (Å²) in [5.41, 5.74) is 8.56. The van der Waals surface area contributed by atoms with Gasteiger partial charge in [0, 0.05) is 12.7 Å². The van der Waals surface area contributed by atoms with E-state index in [1.807, 2.05) is 28.8 Å². The summed E-state index contributed by atoms with van der Waals surface area (Å²) in [6.07, 6.45) is 2.19. The number of rotatable bonds is 5. The molecule has 0 unspecified atom stereocenters. The van der Waals surface area contributed by atoms with Gasteiger partial charge in [0.15, 0.2) is 4.96 Å². The van der Waals surface area contributed by atoms with Crippen LogP contribution in [0.1, 0.15) is 18.3 Å². The largest absolute Gasteiger partial charge is 0.466 e. The molecule has 0 saturated carbocycles. The van der Waals surface area contributed by atoms with Crippen LogP contribution in [0.2, 0.25) is 0 Å². The van der Waals surface area contributed by atoms with Gasteiger partial charge in [-0.05, 0) is 12.5 Å². The van der Waals surface area contributed by atoms with Crippen LogP contribution in [0.15, 0.2) is 36.5 Å². The second kappa shape index (κ2) is 6.29. The second-order valence-electron chi connectivity index (χ2n) is 4.81. The number of carbonyl (C=O) groups excluding carboxylic acids is 1. The third-order valence-electron chi connectivity index (χ3n) is 3.38. The van der Waals surface area contributed by atoms with Crippen LogP contribution < -0.4 is 5.73 Å². The summed E-state index contributed by atoms with van der Waals surface area (Å²) >= 11 is 1.59. The quantitative estimate of drug-likeness (QED) is 0.735. The molecule has 0 aliphatic carbocycles. The number of carbonyl (C=O) groups is 1. The summed E-state index contributed by atoms with van der Waals surface area (Å²) in [6.45, 7) is 2.50. The molecular formula is C16H17N3O2S. The third-order valence-corrected chi connectivity index (χ3v) is 4.41. The molecule has 0 fully saturated rings. The molecule has 0 saturated heterocycles. The van der Waals surface area contributed by atoms with E-state index in [1.165, 1.54) is 0 Å². The number of hydrogen-bond acceptors (Lipinski definition) is 5. The molecular weight excluding hydrogens is 298 g/mol. The molecule has 0 aliphatic heterocycles. The normalized spacial score (nSPS) is 11.0.